The number of benzene rings is 4. The molecule has 0 saturated carbocycles. The van der Waals surface area contributed by atoms with Crippen LogP contribution in [0.15, 0.2) is 78.9 Å². The van der Waals surface area contributed by atoms with Crippen LogP contribution in [0.3, 0.4) is 0 Å². The van der Waals surface area contributed by atoms with Crippen molar-refractivity contribution in [3.63, 3.8) is 0 Å². The average Bonchev–Trinajstić information content (AvgIpc) is 3.21. The second kappa shape index (κ2) is 8.66. The van der Waals surface area contributed by atoms with Crippen molar-refractivity contribution in [2.75, 3.05) is 23.3 Å². The summed E-state index contributed by atoms with van der Waals surface area (Å²) in [5.74, 6) is 0.435. The molecule has 6 heteroatoms. The summed E-state index contributed by atoms with van der Waals surface area (Å²) in [6.45, 7) is 7.54. The van der Waals surface area contributed by atoms with E-state index in [0.717, 1.165) is 35.5 Å². The van der Waals surface area contributed by atoms with Gasteiger partial charge in [-0.15, -0.1) is 0 Å². The van der Waals surface area contributed by atoms with Crippen molar-refractivity contribution in [3.05, 3.63) is 112 Å². The lowest BCUT2D eigenvalue weighted by molar-refractivity contribution is 0.0226. The van der Waals surface area contributed by atoms with Crippen LogP contribution in [0.25, 0.3) is 0 Å². The zero-order valence-electron chi connectivity index (χ0n) is 21.0. The highest BCUT2D eigenvalue weighted by Crippen LogP contribution is 2.59. The number of para-hydroxylation sites is 3. The largest absolute Gasteiger partial charge is 0.456 e. The summed E-state index contributed by atoms with van der Waals surface area (Å²) < 4.78 is 27.6. The average molecular weight is 495 g/mol. The maximum atomic E-state index is 14.9. The van der Waals surface area contributed by atoms with Gasteiger partial charge in [-0.3, -0.25) is 0 Å². The molecule has 0 saturated heterocycles. The first-order valence-electron chi connectivity index (χ1n) is 12.5. The zero-order valence-corrected chi connectivity index (χ0v) is 21.0. The van der Waals surface area contributed by atoms with E-state index in [1.807, 2.05) is 61.5 Å². The summed E-state index contributed by atoms with van der Waals surface area (Å²) >= 11 is 0. The monoisotopic (exact) mass is 494 g/mol. The lowest BCUT2D eigenvalue weighted by Crippen LogP contribution is -2.33. The number of fused-ring (bicyclic) bond motifs is 6. The molecule has 2 aliphatic heterocycles. The molecule has 2 heterocycles. The summed E-state index contributed by atoms with van der Waals surface area (Å²) in [5.41, 5.74) is 4.01. The molecule has 0 bridgehead atoms. The number of aryl methyl sites for hydroxylation is 1. The molecule has 0 atom stereocenters. The Hall–Kier alpha value is -4.32. The number of hydrogen-bond acceptors (Lipinski definition) is 5. The first-order chi connectivity index (χ1) is 18.0. The lowest BCUT2D eigenvalue weighted by atomic mass is 9.76. The van der Waals surface area contributed by atoms with Crippen LogP contribution in [0.5, 0.6) is 11.5 Å². The molecule has 0 radical (unpaired) electrons. The standard InChI is InChI=1S/C31H27FN2O3/c1-4-34(5-2)24-18-19(3)29(33-23-15-9-8-14-22(23)32)28-27(24)30(35)37-31(28)20-12-6-10-16-25(20)36-26-17-11-7-13-21(26)31/h6-18,33H,4-5H2,1-3H3. The quantitative estimate of drug-likeness (QED) is 0.295. The highest BCUT2D eigenvalue weighted by atomic mass is 19.1. The van der Waals surface area contributed by atoms with E-state index >= 15 is 0 Å². The Morgan fingerprint density at radius 3 is 2.11 bits per heavy atom. The number of anilines is 3. The van der Waals surface area contributed by atoms with Crippen molar-refractivity contribution in [1.82, 2.24) is 0 Å². The number of carbonyl (C=O) groups excluding carboxylic acids is 1. The van der Waals surface area contributed by atoms with Gasteiger partial charge in [0, 0.05) is 29.8 Å². The highest BCUT2D eigenvalue weighted by Gasteiger charge is 2.56. The lowest BCUT2D eigenvalue weighted by Gasteiger charge is -2.37. The topological polar surface area (TPSA) is 50.8 Å². The van der Waals surface area contributed by atoms with Crippen LogP contribution in [0.1, 0.15) is 46.5 Å². The first kappa shape index (κ1) is 23.1. The molecule has 6 rings (SSSR count). The van der Waals surface area contributed by atoms with Crippen LogP contribution < -0.4 is 15.0 Å². The van der Waals surface area contributed by atoms with Crippen LogP contribution in [0.2, 0.25) is 0 Å². The van der Waals surface area contributed by atoms with Crippen molar-refractivity contribution in [3.8, 4) is 11.5 Å². The molecule has 2 aliphatic rings. The van der Waals surface area contributed by atoms with Gasteiger partial charge in [0.1, 0.15) is 17.3 Å². The van der Waals surface area contributed by atoms with Gasteiger partial charge in [-0.1, -0.05) is 48.5 Å². The van der Waals surface area contributed by atoms with Gasteiger partial charge in [0.25, 0.3) is 0 Å². The van der Waals surface area contributed by atoms with Crippen LogP contribution in [-0.4, -0.2) is 19.1 Å². The normalized spacial score (nSPS) is 14.3. The van der Waals surface area contributed by atoms with Crippen molar-refractivity contribution in [2.24, 2.45) is 0 Å². The van der Waals surface area contributed by atoms with Crippen LogP contribution in [0.4, 0.5) is 21.5 Å². The van der Waals surface area contributed by atoms with Gasteiger partial charge in [0.2, 0.25) is 0 Å². The number of ether oxygens (including phenoxy) is 2. The number of nitrogens with zero attached hydrogens (tertiary/aromatic N) is 1. The molecule has 37 heavy (non-hydrogen) atoms. The SMILES string of the molecule is CCN(CC)c1cc(C)c(Nc2ccccc2F)c2c1C(=O)OC21c2ccccc2Oc2ccccc21. The van der Waals surface area contributed by atoms with Crippen molar-refractivity contribution < 1.29 is 18.7 Å². The Kier molecular flexibility index (Phi) is 5.41. The summed E-state index contributed by atoms with van der Waals surface area (Å²) in [5, 5.41) is 3.33. The van der Waals surface area contributed by atoms with Gasteiger partial charge >= 0.3 is 5.97 Å². The molecular formula is C31H27FN2O3. The van der Waals surface area contributed by atoms with E-state index < -0.39 is 11.6 Å². The van der Waals surface area contributed by atoms with Crippen molar-refractivity contribution in [1.29, 1.82) is 0 Å². The summed E-state index contributed by atoms with van der Waals surface area (Å²) in [4.78, 5) is 16.1. The van der Waals surface area contributed by atoms with E-state index in [1.54, 1.807) is 18.2 Å². The fourth-order valence-corrected chi connectivity index (χ4v) is 5.61. The van der Waals surface area contributed by atoms with Gasteiger partial charge in [-0.05, 0) is 56.7 Å². The Balaban J connectivity index is 1.74. The van der Waals surface area contributed by atoms with Gasteiger partial charge in [-0.25, -0.2) is 9.18 Å². The predicted octanol–water partition coefficient (Wildman–Crippen LogP) is 7.29. The van der Waals surface area contributed by atoms with E-state index in [-0.39, 0.29) is 5.82 Å². The number of esters is 1. The van der Waals surface area contributed by atoms with E-state index in [9.17, 15) is 9.18 Å². The number of carbonyl (C=O) groups is 1. The Morgan fingerprint density at radius 1 is 0.892 bits per heavy atom. The molecule has 4 aromatic carbocycles. The summed E-state index contributed by atoms with van der Waals surface area (Å²) in [7, 11) is 0. The third-order valence-corrected chi connectivity index (χ3v) is 7.30. The summed E-state index contributed by atoms with van der Waals surface area (Å²) in [6.07, 6.45) is 0. The molecule has 186 valence electrons. The number of halogens is 1. The molecule has 0 aromatic heterocycles. The minimum absolute atomic E-state index is 0.325. The Morgan fingerprint density at radius 2 is 1.49 bits per heavy atom. The first-order valence-corrected chi connectivity index (χ1v) is 12.5. The van der Waals surface area contributed by atoms with Crippen LogP contribution >= 0.6 is 0 Å². The van der Waals surface area contributed by atoms with E-state index in [0.29, 0.717) is 34.0 Å². The van der Waals surface area contributed by atoms with Crippen molar-refractivity contribution in [2.45, 2.75) is 26.4 Å². The molecule has 1 spiro atoms. The third kappa shape index (κ3) is 3.32. The third-order valence-electron chi connectivity index (χ3n) is 7.30. The zero-order chi connectivity index (χ0) is 25.7. The molecule has 1 N–H and O–H groups in total. The molecule has 4 aromatic rings. The molecule has 0 amide bonds. The molecule has 5 nitrogen and oxygen atoms in total. The maximum absolute atomic E-state index is 14.9. The van der Waals surface area contributed by atoms with Gasteiger partial charge in [-0.2, -0.15) is 0 Å². The van der Waals surface area contributed by atoms with Gasteiger partial charge in [0.15, 0.2) is 5.60 Å². The Bertz CT molecular complexity index is 1500. The maximum Gasteiger partial charge on any atom is 0.342 e. The number of hydrogen-bond donors (Lipinski definition) is 1. The van der Waals surface area contributed by atoms with Gasteiger partial charge < -0.3 is 19.7 Å². The predicted molar refractivity (Wildman–Crippen MR) is 143 cm³/mol. The van der Waals surface area contributed by atoms with Gasteiger partial charge in [0.05, 0.1) is 22.6 Å². The fourth-order valence-electron chi connectivity index (χ4n) is 5.61. The highest BCUT2D eigenvalue weighted by molar-refractivity contribution is 6.05. The summed E-state index contributed by atoms with van der Waals surface area (Å²) in [6, 6.07) is 23.8. The smallest absolute Gasteiger partial charge is 0.342 e. The minimum atomic E-state index is -1.26. The molecule has 0 fully saturated rings. The second-order valence-electron chi connectivity index (χ2n) is 9.28. The Labute approximate surface area is 215 Å². The van der Waals surface area contributed by atoms with Crippen LogP contribution in [0, 0.1) is 12.7 Å². The second-order valence-corrected chi connectivity index (χ2v) is 9.28. The van der Waals surface area contributed by atoms with E-state index in [1.165, 1.54) is 6.07 Å². The van der Waals surface area contributed by atoms with Crippen LogP contribution in [-0.2, 0) is 10.3 Å². The van der Waals surface area contributed by atoms with Crippen molar-refractivity contribution >= 4 is 23.0 Å². The van der Waals surface area contributed by atoms with E-state index in [4.69, 9.17) is 9.47 Å². The minimum Gasteiger partial charge on any atom is -0.456 e. The number of nitrogens with one attached hydrogen (secondary N) is 1. The molecule has 0 unspecified atom stereocenters. The number of rotatable bonds is 5. The molecular weight excluding hydrogens is 467 g/mol. The van der Waals surface area contributed by atoms with E-state index in [2.05, 4.69) is 24.1 Å². The fraction of sp³-hybridized carbons (Fsp3) is 0.194. The molecule has 0 aliphatic carbocycles.